The molecule has 0 aliphatic heterocycles. The predicted octanol–water partition coefficient (Wildman–Crippen LogP) is 4.74. The molecule has 0 saturated carbocycles. The average molecular weight is 224 g/mol. The molecule has 0 fully saturated rings. The van der Waals surface area contributed by atoms with E-state index >= 15 is 0 Å². The van der Waals surface area contributed by atoms with Gasteiger partial charge in [0.05, 0.1) is 0 Å². The molecule has 0 saturated heterocycles. The van der Waals surface area contributed by atoms with E-state index in [0.717, 1.165) is 17.1 Å². The molecule has 0 unspecified atom stereocenters. The molecule has 17 heavy (non-hydrogen) atoms. The van der Waals surface area contributed by atoms with Crippen molar-refractivity contribution in [3.63, 3.8) is 0 Å². The Hall–Kier alpha value is -2.02. The van der Waals surface area contributed by atoms with Crippen molar-refractivity contribution in [1.29, 1.82) is 0 Å². The lowest BCUT2D eigenvalue weighted by Gasteiger charge is -2.08. The van der Waals surface area contributed by atoms with Crippen LogP contribution in [0.25, 0.3) is 6.08 Å². The van der Waals surface area contributed by atoms with Crippen LogP contribution in [0.3, 0.4) is 0 Å². The van der Waals surface area contributed by atoms with Gasteiger partial charge in [-0.25, -0.2) is 0 Å². The molecule has 0 spiro atoms. The molecule has 0 aliphatic rings. The molecule has 0 aliphatic carbocycles. The minimum atomic E-state index is 0.848. The molecule has 0 amide bonds. The van der Waals surface area contributed by atoms with Crippen LogP contribution in [0.2, 0.25) is 0 Å². The molecule has 1 heteroatoms. The molecule has 86 valence electrons. The number of benzene rings is 2. The van der Waals surface area contributed by atoms with E-state index in [2.05, 4.69) is 26.5 Å². The minimum Gasteiger partial charge on any atom is -0.457 e. The van der Waals surface area contributed by atoms with Gasteiger partial charge in [-0.2, -0.15) is 0 Å². The Morgan fingerprint density at radius 2 is 1.47 bits per heavy atom. The molecule has 0 aromatic heterocycles. The van der Waals surface area contributed by atoms with E-state index in [-0.39, 0.29) is 0 Å². The number of hydrogen-bond donors (Lipinski definition) is 0. The fourth-order valence-electron chi connectivity index (χ4n) is 1.80. The lowest BCUT2D eigenvalue weighted by molar-refractivity contribution is 0.482. The van der Waals surface area contributed by atoms with Gasteiger partial charge in [-0.05, 0) is 54.8 Å². The van der Waals surface area contributed by atoms with Crippen molar-refractivity contribution in [2.75, 3.05) is 0 Å². The van der Waals surface area contributed by atoms with Crippen LogP contribution in [-0.2, 0) is 0 Å². The van der Waals surface area contributed by atoms with Crippen LogP contribution in [0.1, 0.15) is 16.7 Å². The fourth-order valence-corrected chi connectivity index (χ4v) is 1.80. The van der Waals surface area contributed by atoms with Crippen LogP contribution >= 0.6 is 0 Å². The van der Waals surface area contributed by atoms with E-state index in [0.29, 0.717) is 0 Å². The van der Waals surface area contributed by atoms with Crippen molar-refractivity contribution in [3.8, 4) is 11.5 Å². The van der Waals surface area contributed by atoms with E-state index in [1.54, 1.807) is 0 Å². The molecule has 2 aromatic carbocycles. The van der Waals surface area contributed by atoms with Gasteiger partial charge in [-0.1, -0.05) is 30.9 Å². The first-order valence-electron chi connectivity index (χ1n) is 5.66. The Labute approximate surface area is 102 Å². The molecule has 2 rings (SSSR count). The second-order valence-electron chi connectivity index (χ2n) is 4.20. The van der Waals surface area contributed by atoms with Gasteiger partial charge < -0.3 is 4.74 Å². The second-order valence-corrected chi connectivity index (χ2v) is 4.20. The third-order valence-electron chi connectivity index (χ3n) is 2.55. The Morgan fingerprint density at radius 1 is 0.882 bits per heavy atom. The molecule has 0 atom stereocenters. The monoisotopic (exact) mass is 224 g/mol. The van der Waals surface area contributed by atoms with Gasteiger partial charge in [0.25, 0.3) is 0 Å². The van der Waals surface area contributed by atoms with E-state index < -0.39 is 0 Å². The van der Waals surface area contributed by atoms with Crippen molar-refractivity contribution < 1.29 is 4.74 Å². The van der Waals surface area contributed by atoms with Crippen molar-refractivity contribution >= 4 is 6.08 Å². The van der Waals surface area contributed by atoms with Crippen LogP contribution in [-0.4, -0.2) is 0 Å². The van der Waals surface area contributed by atoms with Gasteiger partial charge in [-0.15, -0.1) is 0 Å². The van der Waals surface area contributed by atoms with Crippen LogP contribution < -0.4 is 4.74 Å². The first kappa shape index (κ1) is 11.5. The lowest BCUT2D eigenvalue weighted by Crippen LogP contribution is -1.86. The van der Waals surface area contributed by atoms with E-state index in [4.69, 9.17) is 4.74 Å². The summed E-state index contributed by atoms with van der Waals surface area (Å²) in [6.07, 6.45) is 1.82. The van der Waals surface area contributed by atoms with Gasteiger partial charge in [0.2, 0.25) is 0 Å². The Balaban J connectivity index is 2.21. The highest BCUT2D eigenvalue weighted by molar-refractivity contribution is 5.49. The third-order valence-corrected chi connectivity index (χ3v) is 2.55. The molecule has 0 bridgehead atoms. The van der Waals surface area contributed by atoms with Gasteiger partial charge in [0.1, 0.15) is 11.5 Å². The fraction of sp³-hybridized carbons (Fsp3) is 0.125. The summed E-state index contributed by atoms with van der Waals surface area (Å²) >= 11 is 0. The van der Waals surface area contributed by atoms with Crippen LogP contribution in [0, 0.1) is 13.8 Å². The lowest BCUT2D eigenvalue weighted by atomic mass is 10.1. The predicted molar refractivity (Wildman–Crippen MR) is 72.5 cm³/mol. The SMILES string of the molecule is C=Cc1ccc(Oc2cc(C)cc(C)c2)cc1. The molecule has 2 aromatic rings. The number of aryl methyl sites for hydroxylation is 2. The van der Waals surface area contributed by atoms with E-state index in [1.165, 1.54) is 11.1 Å². The summed E-state index contributed by atoms with van der Waals surface area (Å²) in [6.45, 7) is 7.87. The highest BCUT2D eigenvalue weighted by Gasteiger charge is 1.99. The molecule has 1 nitrogen and oxygen atoms in total. The van der Waals surface area contributed by atoms with Crippen LogP contribution in [0.15, 0.2) is 49.0 Å². The second kappa shape index (κ2) is 4.88. The summed E-state index contributed by atoms with van der Waals surface area (Å²) in [4.78, 5) is 0. The normalized spacial score (nSPS) is 10.0. The summed E-state index contributed by atoms with van der Waals surface area (Å²) in [7, 11) is 0. The van der Waals surface area contributed by atoms with Crippen molar-refractivity contribution in [2.45, 2.75) is 13.8 Å². The maximum Gasteiger partial charge on any atom is 0.127 e. The van der Waals surface area contributed by atoms with E-state index in [9.17, 15) is 0 Å². The van der Waals surface area contributed by atoms with Crippen molar-refractivity contribution in [2.24, 2.45) is 0 Å². The van der Waals surface area contributed by atoms with Gasteiger partial charge in [-0.3, -0.25) is 0 Å². The number of rotatable bonds is 3. The Kier molecular flexibility index (Phi) is 3.29. The average Bonchev–Trinajstić information content (AvgIpc) is 2.28. The molecular formula is C16H16O. The quantitative estimate of drug-likeness (QED) is 0.731. The van der Waals surface area contributed by atoms with Crippen molar-refractivity contribution in [3.05, 3.63) is 65.7 Å². The van der Waals surface area contributed by atoms with Crippen LogP contribution in [0.4, 0.5) is 0 Å². The molecule has 0 N–H and O–H groups in total. The highest BCUT2D eigenvalue weighted by atomic mass is 16.5. The topological polar surface area (TPSA) is 9.23 Å². The molecule has 0 radical (unpaired) electrons. The zero-order valence-corrected chi connectivity index (χ0v) is 10.2. The summed E-state index contributed by atoms with van der Waals surface area (Å²) in [5, 5.41) is 0. The maximum atomic E-state index is 5.81. The van der Waals surface area contributed by atoms with E-state index in [1.807, 2.05) is 42.5 Å². The summed E-state index contributed by atoms with van der Waals surface area (Å²) in [6, 6.07) is 14.1. The number of ether oxygens (including phenoxy) is 1. The first-order valence-corrected chi connectivity index (χ1v) is 5.66. The highest BCUT2D eigenvalue weighted by Crippen LogP contribution is 2.24. The summed E-state index contributed by atoms with van der Waals surface area (Å²) < 4.78 is 5.81. The van der Waals surface area contributed by atoms with Gasteiger partial charge >= 0.3 is 0 Å². The molecule has 0 heterocycles. The summed E-state index contributed by atoms with van der Waals surface area (Å²) in [5.41, 5.74) is 3.52. The zero-order valence-electron chi connectivity index (χ0n) is 10.2. The largest absolute Gasteiger partial charge is 0.457 e. The Morgan fingerprint density at radius 3 is 2.00 bits per heavy atom. The van der Waals surface area contributed by atoms with Gasteiger partial charge in [0.15, 0.2) is 0 Å². The first-order chi connectivity index (χ1) is 8.17. The smallest absolute Gasteiger partial charge is 0.127 e. The maximum absolute atomic E-state index is 5.81. The van der Waals surface area contributed by atoms with Gasteiger partial charge in [0, 0.05) is 0 Å². The third kappa shape index (κ3) is 2.97. The summed E-state index contributed by atoms with van der Waals surface area (Å²) in [5.74, 6) is 1.73. The van der Waals surface area contributed by atoms with Crippen LogP contribution in [0.5, 0.6) is 11.5 Å². The standard InChI is InChI=1S/C16H16O/c1-4-14-5-7-15(8-6-14)17-16-10-12(2)9-13(3)11-16/h4-11H,1H2,2-3H3. The molecular weight excluding hydrogens is 208 g/mol. The Bertz CT molecular complexity index is 503. The zero-order chi connectivity index (χ0) is 12.3. The minimum absolute atomic E-state index is 0.848. The number of hydrogen-bond acceptors (Lipinski definition) is 1. The van der Waals surface area contributed by atoms with Crippen molar-refractivity contribution in [1.82, 2.24) is 0 Å².